The van der Waals surface area contributed by atoms with Crippen molar-refractivity contribution in [3.8, 4) is 23.1 Å². The first kappa shape index (κ1) is 22.3. The van der Waals surface area contributed by atoms with Gasteiger partial charge in [-0.15, -0.1) is 5.10 Å². The molecule has 0 spiro atoms. The first-order chi connectivity index (χ1) is 18.7. The first-order valence-corrected chi connectivity index (χ1v) is 12.4. The highest BCUT2D eigenvalue weighted by atomic mass is 16.5. The highest BCUT2D eigenvalue weighted by molar-refractivity contribution is 5.90. The molecule has 38 heavy (non-hydrogen) atoms. The van der Waals surface area contributed by atoms with Crippen LogP contribution in [-0.4, -0.2) is 26.7 Å². The van der Waals surface area contributed by atoms with Crippen LogP contribution in [0.2, 0.25) is 0 Å². The Morgan fingerprint density at radius 1 is 0.868 bits per heavy atom. The predicted octanol–water partition coefficient (Wildman–Crippen LogP) is 6.46. The molecule has 0 saturated carbocycles. The van der Waals surface area contributed by atoms with Gasteiger partial charge in [-0.25, -0.2) is 14.5 Å². The summed E-state index contributed by atoms with van der Waals surface area (Å²) in [4.78, 5) is 9.55. The Hall–Kier alpha value is -4.91. The SMILES string of the molecule is COc1ccc([C@H]2c3c(ccc4ccccc34)Oc3ncn4nc(COc5ccc(C)cc5)nc4c32)cc1. The zero-order valence-electron chi connectivity index (χ0n) is 21.0. The first-order valence-electron chi connectivity index (χ1n) is 12.4. The smallest absolute Gasteiger partial charge is 0.228 e. The van der Waals surface area contributed by atoms with E-state index in [9.17, 15) is 0 Å². The second kappa shape index (κ2) is 8.88. The third-order valence-electron chi connectivity index (χ3n) is 6.98. The molecule has 7 heteroatoms. The summed E-state index contributed by atoms with van der Waals surface area (Å²) in [5, 5.41) is 6.94. The molecule has 0 amide bonds. The second-order valence-corrected chi connectivity index (χ2v) is 9.37. The average molecular weight is 501 g/mol. The highest BCUT2D eigenvalue weighted by Crippen LogP contribution is 2.50. The fourth-order valence-corrected chi connectivity index (χ4v) is 5.12. The molecule has 0 unspecified atom stereocenters. The van der Waals surface area contributed by atoms with Crippen LogP contribution in [0.25, 0.3) is 16.4 Å². The summed E-state index contributed by atoms with van der Waals surface area (Å²) in [6.45, 7) is 2.29. The maximum atomic E-state index is 6.39. The normalized spacial score (nSPS) is 14.1. The van der Waals surface area contributed by atoms with E-state index in [2.05, 4.69) is 46.5 Å². The Morgan fingerprint density at radius 2 is 1.66 bits per heavy atom. The number of rotatable bonds is 5. The number of hydrogen-bond donors (Lipinski definition) is 0. The van der Waals surface area contributed by atoms with Gasteiger partial charge >= 0.3 is 0 Å². The van der Waals surface area contributed by atoms with Crippen LogP contribution in [0.3, 0.4) is 0 Å². The van der Waals surface area contributed by atoms with E-state index in [-0.39, 0.29) is 12.5 Å². The lowest BCUT2D eigenvalue weighted by Crippen LogP contribution is -2.15. The number of aryl methyl sites for hydroxylation is 1. The van der Waals surface area contributed by atoms with Crippen molar-refractivity contribution in [2.45, 2.75) is 19.4 Å². The summed E-state index contributed by atoms with van der Waals surface area (Å²) >= 11 is 0. The quantitative estimate of drug-likeness (QED) is 0.270. The third-order valence-corrected chi connectivity index (χ3v) is 6.98. The molecule has 0 bridgehead atoms. The molecule has 2 aromatic heterocycles. The molecular weight excluding hydrogens is 476 g/mol. The largest absolute Gasteiger partial charge is 0.497 e. The van der Waals surface area contributed by atoms with Crippen molar-refractivity contribution in [2.75, 3.05) is 7.11 Å². The minimum Gasteiger partial charge on any atom is -0.497 e. The molecule has 186 valence electrons. The van der Waals surface area contributed by atoms with Crippen LogP contribution in [0.4, 0.5) is 0 Å². The minimum absolute atomic E-state index is 0.169. The van der Waals surface area contributed by atoms with E-state index < -0.39 is 0 Å². The Morgan fingerprint density at radius 3 is 2.47 bits per heavy atom. The fraction of sp³-hybridized carbons (Fsp3) is 0.129. The van der Waals surface area contributed by atoms with Gasteiger partial charge in [0.25, 0.3) is 0 Å². The number of nitrogens with zero attached hydrogens (tertiary/aromatic N) is 4. The molecule has 3 heterocycles. The molecule has 6 aromatic rings. The monoisotopic (exact) mass is 500 g/mol. The summed E-state index contributed by atoms with van der Waals surface area (Å²) in [5.74, 6) is 3.29. The van der Waals surface area contributed by atoms with Crippen molar-refractivity contribution < 1.29 is 14.2 Å². The van der Waals surface area contributed by atoms with E-state index in [0.717, 1.165) is 44.7 Å². The van der Waals surface area contributed by atoms with Crippen molar-refractivity contribution >= 4 is 16.4 Å². The maximum absolute atomic E-state index is 6.39. The molecule has 4 aromatic carbocycles. The van der Waals surface area contributed by atoms with Gasteiger partial charge in [0.15, 0.2) is 11.5 Å². The number of aromatic nitrogens is 4. The molecule has 1 aliphatic heterocycles. The summed E-state index contributed by atoms with van der Waals surface area (Å²) in [5.41, 5.74) is 4.91. The summed E-state index contributed by atoms with van der Waals surface area (Å²) in [6, 6.07) is 28.5. The van der Waals surface area contributed by atoms with Gasteiger partial charge in [-0.3, -0.25) is 0 Å². The maximum Gasteiger partial charge on any atom is 0.228 e. The second-order valence-electron chi connectivity index (χ2n) is 9.37. The van der Waals surface area contributed by atoms with E-state index in [4.69, 9.17) is 19.2 Å². The van der Waals surface area contributed by atoms with E-state index in [1.807, 2.05) is 55.5 Å². The van der Waals surface area contributed by atoms with Gasteiger partial charge < -0.3 is 14.2 Å². The molecule has 1 aliphatic rings. The van der Waals surface area contributed by atoms with Crippen molar-refractivity contribution in [1.82, 2.24) is 19.6 Å². The topological polar surface area (TPSA) is 70.8 Å². The van der Waals surface area contributed by atoms with Gasteiger partial charge in [-0.2, -0.15) is 0 Å². The number of ether oxygens (including phenoxy) is 3. The number of hydrogen-bond acceptors (Lipinski definition) is 6. The van der Waals surface area contributed by atoms with Gasteiger partial charge in [0.05, 0.1) is 12.7 Å². The Kier molecular flexibility index (Phi) is 5.21. The van der Waals surface area contributed by atoms with Crippen LogP contribution >= 0.6 is 0 Å². The lowest BCUT2D eigenvalue weighted by molar-refractivity contribution is 0.296. The lowest BCUT2D eigenvalue weighted by atomic mass is 9.81. The highest BCUT2D eigenvalue weighted by Gasteiger charge is 2.34. The van der Waals surface area contributed by atoms with Crippen LogP contribution in [0.5, 0.6) is 23.1 Å². The van der Waals surface area contributed by atoms with Gasteiger partial charge in [-0.1, -0.05) is 60.2 Å². The summed E-state index contributed by atoms with van der Waals surface area (Å²) in [6.07, 6.45) is 1.65. The van der Waals surface area contributed by atoms with Crippen LogP contribution in [0.15, 0.2) is 91.3 Å². The van der Waals surface area contributed by atoms with Crippen LogP contribution in [0, 0.1) is 6.92 Å². The van der Waals surface area contributed by atoms with Crippen molar-refractivity contribution in [2.24, 2.45) is 0 Å². The van der Waals surface area contributed by atoms with E-state index in [1.54, 1.807) is 18.0 Å². The molecule has 0 aliphatic carbocycles. The number of benzene rings is 4. The molecule has 1 atom stereocenters. The zero-order valence-corrected chi connectivity index (χ0v) is 21.0. The van der Waals surface area contributed by atoms with Crippen molar-refractivity contribution in [3.63, 3.8) is 0 Å². The van der Waals surface area contributed by atoms with Crippen molar-refractivity contribution in [1.29, 1.82) is 0 Å². The van der Waals surface area contributed by atoms with E-state index in [0.29, 0.717) is 17.4 Å². The number of fused-ring (bicyclic) bond motifs is 6. The summed E-state index contributed by atoms with van der Waals surface area (Å²) < 4.78 is 19.5. The van der Waals surface area contributed by atoms with Gasteiger partial charge in [0, 0.05) is 11.5 Å². The molecule has 0 fully saturated rings. The third kappa shape index (κ3) is 3.71. The minimum atomic E-state index is -0.169. The number of methoxy groups -OCH3 is 1. The molecule has 0 N–H and O–H groups in total. The predicted molar refractivity (Wildman–Crippen MR) is 144 cm³/mol. The van der Waals surface area contributed by atoms with Crippen molar-refractivity contribution in [3.05, 3.63) is 119 Å². The zero-order chi connectivity index (χ0) is 25.6. The fourth-order valence-electron chi connectivity index (χ4n) is 5.12. The average Bonchev–Trinajstić information content (AvgIpc) is 3.39. The van der Waals surface area contributed by atoms with Gasteiger partial charge in [0.2, 0.25) is 5.88 Å². The van der Waals surface area contributed by atoms with Gasteiger partial charge in [-0.05, 0) is 53.6 Å². The molecule has 7 rings (SSSR count). The molecular formula is C31H24N4O3. The molecule has 7 nitrogen and oxygen atoms in total. The Bertz CT molecular complexity index is 1790. The van der Waals surface area contributed by atoms with Crippen LogP contribution < -0.4 is 14.2 Å². The lowest BCUT2D eigenvalue weighted by Gasteiger charge is -2.29. The van der Waals surface area contributed by atoms with E-state index in [1.165, 1.54) is 5.56 Å². The molecule has 0 radical (unpaired) electrons. The Labute approximate surface area is 219 Å². The molecule has 0 saturated heterocycles. The Balaban J connectivity index is 1.39. The summed E-state index contributed by atoms with van der Waals surface area (Å²) in [7, 11) is 1.67. The van der Waals surface area contributed by atoms with Gasteiger partial charge in [0.1, 0.15) is 30.2 Å². The standard InChI is InChI=1S/C31H24N4O3/c1-19-7-12-23(13-8-19)37-17-26-33-30-29-27(21-9-14-22(36-2)15-10-21)28-24-6-4-3-5-20(24)11-16-25(28)38-31(29)32-18-35(30)34-26/h3-16,18,27H,17H2,1-2H3/t27-/m0/s1. The van der Waals surface area contributed by atoms with Crippen LogP contribution in [-0.2, 0) is 6.61 Å². The van der Waals surface area contributed by atoms with Crippen LogP contribution in [0.1, 0.15) is 34.0 Å². The van der Waals surface area contributed by atoms with E-state index >= 15 is 0 Å².